The van der Waals surface area contributed by atoms with Gasteiger partial charge in [0.05, 0.1) is 13.2 Å². The number of H-pyrrole nitrogens is 1. The first-order valence-corrected chi connectivity index (χ1v) is 10.9. The number of nitrogens with zero attached hydrogens (tertiary/aromatic N) is 2. The Balaban J connectivity index is 1.20. The highest BCUT2D eigenvalue weighted by molar-refractivity contribution is 6.04. The van der Waals surface area contributed by atoms with Crippen LogP contribution in [0.25, 0.3) is 10.9 Å². The van der Waals surface area contributed by atoms with Gasteiger partial charge in [0.25, 0.3) is 5.91 Å². The zero-order chi connectivity index (χ0) is 21.6. The second kappa shape index (κ2) is 9.93. The summed E-state index contributed by atoms with van der Waals surface area (Å²) in [6, 6.07) is 6.92. The lowest BCUT2D eigenvalue weighted by molar-refractivity contribution is -0.127. The number of fused-ring (bicyclic) bond motifs is 1. The maximum atomic E-state index is 12.7. The molecule has 2 saturated heterocycles. The van der Waals surface area contributed by atoms with Crippen LogP contribution in [-0.4, -0.2) is 84.6 Å². The van der Waals surface area contributed by atoms with Crippen molar-refractivity contribution in [3.05, 3.63) is 36.0 Å². The van der Waals surface area contributed by atoms with Crippen molar-refractivity contribution in [3.8, 4) is 0 Å². The van der Waals surface area contributed by atoms with Crippen LogP contribution in [0.3, 0.4) is 0 Å². The summed E-state index contributed by atoms with van der Waals surface area (Å²) in [7, 11) is 0. The van der Waals surface area contributed by atoms with E-state index in [4.69, 9.17) is 4.74 Å². The van der Waals surface area contributed by atoms with E-state index in [0.29, 0.717) is 25.9 Å². The highest BCUT2D eigenvalue weighted by atomic mass is 16.5. The van der Waals surface area contributed by atoms with Gasteiger partial charge in [0, 0.05) is 56.2 Å². The van der Waals surface area contributed by atoms with Gasteiger partial charge in [0.2, 0.25) is 5.91 Å². The first-order valence-electron chi connectivity index (χ1n) is 10.9. The number of nitrogens with one attached hydrogen (secondary N) is 3. The van der Waals surface area contributed by atoms with E-state index in [1.807, 2.05) is 30.5 Å². The number of para-hydroxylation sites is 1. The number of amides is 4. The van der Waals surface area contributed by atoms with Crippen LogP contribution in [0, 0.1) is 0 Å². The minimum absolute atomic E-state index is 0.104. The third kappa shape index (κ3) is 5.23. The Bertz CT molecular complexity index is 937. The quantitative estimate of drug-likeness (QED) is 0.515. The molecule has 3 heterocycles. The lowest BCUT2D eigenvalue weighted by Crippen LogP contribution is -2.41. The number of aromatic nitrogens is 1. The first kappa shape index (κ1) is 21.3. The van der Waals surface area contributed by atoms with Gasteiger partial charge < -0.3 is 20.4 Å². The number of rotatable bonds is 9. The van der Waals surface area contributed by atoms with Crippen LogP contribution < -0.4 is 10.6 Å². The standard InChI is InChI=1S/C22H29N5O4/c28-20(23-8-10-26-11-13-31-14-12-26)6-5-19-21(29)27(22(30)25-19)9-7-16-15-24-18-4-2-1-3-17(16)18/h1-4,15,19,24H,5-14H2,(H,23,28)(H,25,30). The summed E-state index contributed by atoms with van der Waals surface area (Å²) in [5.74, 6) is -0.362. The van der Waals surface area contributed by atoms with E-state index >= 15 is 0 Å². The van der Waals surface area contributed by atoms with E-state index in [1.54, 1.807) is 0 Å². The predicted molar refractivity (Wildman–Crippen MR) is 116 cm³/mol. The predicted octanol–water partition coefficient (Wildman–Crippen LogP) is 0.859. The van der Waals surface area contributed by atoms with E-state index in [9.17, 15) is 14.4 Å². The molecule has 1 atom stereocenters. The van der Waals surface area contributed by atoms with Crippen LogP contribution in [0.1, 0.15) is 18.4 Å². The number of carbonyl (C=O) groups excluding carboxylic acids is 3. The number of morpholine rings is 1. The number of aromatic amines is 1. The van der Waals surface area contributed by atoms with Crippen LogP contribution in [0.5, 0.6) is 0 Å². The van der Waals surface area contributed by atoms with Crippen LogP contribution in [-0.2, 0) is 20.7 Å². The van der Waals surface area contributed by atoms with Gasteiger partial charge in [0.15, 0.2) is 0 Å². The molecule has 0 aliphatic carbocycles. The Morgan fingerprint density at radius 3 is 2.81 bits per heavy atom. The van der Waals surface area contributed by atoms with E-state index in [2.05, 4.69) is 20.5 Å². The van der Waals surface area contributed by atoms with Gasteiger partial charge in [-0.3, -0.25) is 19.4 Å². The second-order valence-electron chi connectivity index (χ2n) is 7.94. The molecule has 0 saturated carbocycles. The van der Waals surface area contributed by atoms with Crippen LogP contribution in [0.4, 0.5) is 4.79 Å². The summed E-state index contributed by atoms with van der Waals surface area (Å²) < 4.78 is 5.31. The first-order chi connectivity index (χ1) is 15.1. The van der Waals surface area contributed by atoms with Crippen molar-refractivity contribution in [2.24, 2.45) is 0 Å². The Hall–Kier alpha value is -2.91. The highest BCUT2D eigenvalue weighted by Gasteiger charge is 2.37. The van der Waals surface area contributed by atoms with E-state index in [0.717, 1.165) is 49.3 Å². The summed E-state index contributed by atoms with van der Waals surface area (Å²) >= 11 is 0. The molecule has 1 aromatic heterocycles. The van der Waals surface area contributed by atoms with Gasteiger partial charge >= 0.3 is 6.03 Å². The molecule has 1 unspecified atom stereocenters. The monoisotopic (exact) mass is 427 g/mol. The van der Waals surface area contributed by atoms with E-state index in [1.165, 1.54) is 4.90 Å². The van der Waals surface area contributed by atoms with Gasteiger partial charge in [-0.2, -0.15) is 0 Å². The average Bonchev–Trinajstić information content (AvgIpc) is 3.32. The molecule has 2 aliphatic rings. The molecule has 0 bridgehead atoms. The molecule has 4 rings (SSSR count). The summed E-state index contributed by atoms with van der Waals surface area (Å²) in [5, 5.41) is 6.70. The molecular weight excluding hydrogens is 398 g/mol. The molecular formula is C22H29N5O4. The van der Waals surface area contributed by atoms with Crippen LogP contribution in [0.15, 0.2) is 30.5 Å². The fraction of sp³-hybridized carbons (Fsp3) is 0.500. The van der Waals surface area contributed by atoms with Crippen molar-refractivity contribution >= 4 is 28.7 Å². The van der Waals surface area contributed by atoms with Gasteiger partial charge in [-0.15, -0.1) is 0 Å². The molecule has 9 heteroatoms. The van der Waals surface area contributed by atoms with Gasteiger partial charge in [-0.25, -0.2) is 4.79 Å². The Kier molecular flexibility index (Phi) is 6.83. The third-order valence-electron chi connectivity index (χ3n) is 5.90. The number of ether oxygens (including phenoxy) is 1. The summed E-state index contributed by atoms with van der Waals surface area (Å²) in [5.41, 5.74) is 2.10. The number of imide groups is 1. The summed E-state index contributed by atoms with van der Waals surface area (Å²) in [6.07, 6.45) is 3.01. The van der Waals surface area contributed by atoms with Gasteiger partial charge in [0.1, 0.15) is 6.04 Å². The molecule has 1 aromatic carbocycles. The lowest BCUT2D eigenvalue weighted by atomic mass is 10.1. The molecule has 2 fully saturated rings. The average molecular weight is 428 g/mol. The van der Waals surface area contributed by atoms with Crippen molar-refractivity contribution in [3.63, 3.8) is 0 Å². The molecule has 4 amide bonds. The van der Waals surface area contributed by atoms with Gasteiger partial charge in [-0.1, -0.05) is 18.2 Å². The maximum absolute atomic E-state index is 12.7. The molecule has 166 valence electrons. The van der Waals surface area contributed by atoms with Crippen LogP contribution >= 0.6 is 0 Å². The Morgan fingerprint density at radius 1 is 1.16 bits per heavy atom. The van der Waals surface area contributed by atoms with Crippen molar-refractivity contribution in [1.82, 2.24) is 25.4 Å². The van der Waals surface area contributed by atoms with Gasteiger partial charge in [-0.05, 0) is 24.5 Å². The summed E-state index contributed by atoms with van der Waals surface area (Å²) in [4.78, 5) is 43.8. The van der Waals surface area contributed by atoms with Crippen molar-refractivity contribution < 1.29 is 19.1 Å². The second-order valence-corrected chi connectivity index (χ2v) is 7.94. The number of urea groups is 1. The van der Waals surface area contributed by atoms with E-state index < -0.39 is 6.04 Å². The fourth-order valence-electron chi connectivity index (χ4n) is 4.10. The van der Waals surface area contributed by atoms with Crippen molar-refractivity contribution in [1.29, 1.82) is 0 Å². The third-order valence-corrected chi connectivity index (χ3v) is 5.90. The van der Waals surface area contributed by atoms with Crippen molar-refractivity contribution in [2.75, 3.05) is 45.9 Å². The number of benzene rings is 1. The smallest absolute Gasteiger partial charge is 0.324 e. The van der Waals surface area contributed by atoms with E-state index in [-0.39, 0.29) is 24.3 Å². The molecule has 3 N–H and O–H groups in total. The van der Waals surface area contributed by atoms with Crippen molar-refractivity contribution in [2.45, 2.75) is 25.3 Å². The largest absolute Gasteiger partial charge is 0.379 e. The highest BCUT2D eigenvalue weighted by Crippen LogP contribution is 2.19. The summed E-state index contributed by atoms with van der Waals surface area (Å²) in [6.45, 7) is 4.90. The maximum Gasteiger partial charge on any atom is 0.324 e. The number of hydrogen-bond donors (Lipinski definition) is 3. The zero-order valence-corrected chi connectivity index (χ0v) is 17.6. The minimum Gasteiger partial charge on any atom is -0.379 e. The topological polar surface area (TPSA) is 107 Å². The number of hydrogen-bond acceptors (Lipinski definition) is 5. The van der Waals surface area contributed by atoms with Crippen LogP contribution in [0.2, 0.25) is 0 Å². The Morgan fingerprint density at radius 2 is 1.97 bits per heavy atom. The SMILES string of the molecule is O=C(CCC1NC(=O)N(CCc2c[nH]c3ccccc23)C1=O)NCCN1CCOCC1. The lowest BCUT2D eigenvalue weighted by Gasteiger charge is -2.26. The molecule has 2 aliphatic heterocycles. The Labute approximate surface area is 181 Å². The fourth-order valence-corrected chi connectivity index (χ4v) is 4.10. The molecule has 0 radical (unpaired) electrons. The molecule has 9 nitrogen and oxygen atoms in total. The number of carbonyl (C=O) groups is 3. The minimum atomic E-state index is -0.638. The normalized spacial score (nSPS) is 19.7. The molecule has 0 spiro atoms. The zero-order valence-electron chi connectivity index (χ0n) is 17.6. The molecule has 31 heavy (non-hydrogen) atoms. The molecule has 2 aromatic rings.